The number of hydrogen-bond acceptors (Lipinski definition) is 6. The average Bonchev–Trinajstić information content (AvgIpc) is 2.87. The van der Waals surface area contributed by atoms with Gasteiger partial charge in [-0.25, -0.2) is 21.1 Å². The molecule has 3 rings (SSSR count). The van der Waals surface area contributed by atoms with Crippen molar-refractivity contribution in [3.63, 3.8) is 0 Å². The van der Waals surface area contributed by atoms with Gasteiger partial charge in [0.25, 0.3) is 0 Å². The molecule has 0 saturated carbocycles. The van der Waals surface area contributed by atoms with Crippen LogP contribution in [0.4, 0.5) is 0 Å². The van der Waals surface area contributed by atoms with Crippen molar-refractivity contribution < 1.29 is 26.4 Å². The van der Waals surface area contributed by atoms with E-state index >= 15 is 0 Å². The molecule has 37 heavy (non-hydrogen) atoms. The van der Waals surface area contributed by atoms with E-state index in [1.807, 2.05) is 6.07 Å². The van der Waals surface area contributed by atoms with Crippen LogP contribution in [0.5, 0.6) is 5.75 Å². The van der Waals surface area contributed by atoms with Crippen molar-refractivity contribution in [2.75, 3.05) is 21.2 Å². The SMILES string of the molecule is COc1ccc(S(=O)(=O)N[C@@H](Cc2ccccc2)C(=O)NCc2ccc(S(=O)(=O)N(C)C)cc2)cc1Cl. The maximum Gasteiger partial charge on any atom is 0.242 e. The molecule has 1 amide bonds. The number of amides is 1. The Labute approximate surface area is 222 Å². The number of ether oxygens (including phenoxy) is 1. The number of methoxy groups -OCH3 is 1. The molecule has 0 aliphatic rings. The van der Waals surface area contributed by atoms with E-state index in [0.29, 0.717) is 11.3 Å². The molecule has 0 aliphatic carbocycles. The molecule has 12 heteroatoms. The molecule has 198 valence electrons. The predicted molar refractivity (Wildman–Crippen MR) is 141 cm³/mol. The zero-order valence-electron chi connectivity index (χ0n) is 20.5. The van der Waals surface area contributed by atoms with E-state index in [-0.39, 0.29) is 27.8 Å². The molecule has 3 aromatic carbocycles. The van der Waals surface area contributed by atoms with E-state index < -0.39 is 32.0 Å². The topological polar surface area (TPSA) is 122 Å². The van der Waals surface area contributed by atoms with E-state index in [2.05, 4.69) is 10.0 Å². The number of sulfonamides is 2. The van der Waals surface area contributed by atoms with Gasteiger partial charge < -0.3 is 10.1 Å². The summed E-state index contributed by atoms with van der Waals surface area (Å²) in [6.45, 7) is 0.0719. The number of nitrogens with zero attached hydrogens (tertiary/aromatic N) is 1. The molecule has 0 aromatic heterocycles. The molecule has 0 heterocycles. The fraction of sp³-hybridized carbons (Fsp3) is 0.240. The van der Waals surface area contributed by atoms with Crippen molar-refractivity contribution in [2.24, 2.45) is 0 Å². The lowest BCUT2D eigenvalue weighted by Crippen LogP contribution is -2.47. The molecule has 3 aromatic rings. The average molecular weight is 566 g/mol. The summed E-state index contributed by atoms with van der Waals surface area (Å²) in [6.07, 6.45) is 0.107. The summed E-state index contributed by atoms with van der Waals surface area (Å²) >= 11 is 6.10. The first kappa shape index (κ1) is 28.6. The summed E-state index contributed by atoms with van der Waals surface area (Å²) < 4.78 is 59.4. The molecule has 0 spiro atoms. The molecule has 9 nitrogen and oxygen atoms in total. The molecule has 0 radical (unpaired) electrons. The van der Waals surface area contributed by atoms with Gasteiger partial charge in [0, 0.05) is 20.6 Å². The third-order valence-electron chi connectivity index (χ3n) is 5.50. The van der Waals surface area contributed by atoms with Gasteiger partial charge in [-0.15, -0.1) is 0 Å². The molecule has 1 atom stereocenters. The number of benzene rings is 3. The highest BCUT2D eigenvalue weighted by molar-refractivity contribution is 7.89. The van der Waals surface area contributed by atoms with Gasteiger partial charge in [0.05, 0.1) is 21.9 Å². The van der Waals surface area contributed by atoms with Crippen molar-refractivity contribution in [3.05, 3.63) is 88.9 Å². The smallest absolute Gasteiger partial charge is 0.242 e. The number of halogens is 1. The molecular formula is C25H28ClN3O6S2. The predicted octanol–water partition coefficient (Wildman–Crippen LogP) is 2.80. The van der Waals surface area contributed by atoms with Crippen molar-refractivity contribution in [2.45, 2.75) is 28.8 Å². The highest BCUT2D eigenvalue weighted by atomic mass is 35.5. The van der Waals surface area contributed by atoms with Gasteiger partial charge in [-0.3, -0.25) is 4.79 Å². The van der Waals surface area contributed by atoms with E-state index in [0.717, 1.165) is 9.87 Å². The second-order valence-electron chi connectivity index (χ2n) is 8.31. The minimum absolute atomic E-state index is 0.0719. The Hall–Kier alpha value is -2.96. The van der Waals surface area contributed by atoms with Crippen LogP contribution in [0.1, 0.15) is 11.1 Å². The number of carbonyl (C=O) groups is 1. The number of nitrogens with one attached hydrogen (secondary N) is 2. The van der Waals surface area contributed by atoms with Gasteiger partial charge in [-0.05, 0) is 47.9 Å². The first-order valence-corrected chi connectivity index (χ1v) is 14.4. The monoisotopic (exact) mass is 565 g/mol. The Morgan fingerprint density at radius 2 is 1.54 bits per heavy atom. The maximum atomic E-state index is 13.1. The lowest BCUT2D eigenvalue weighted by Gasteiger charge is -2.19. The second kappa shape index (κ2) is 12.1. The van der Waals surface area contributed by atoms with Gasteiger partial charge in [0.15, 0.2) is 0 Å². The standard InChI is InChI=1S/C25H28ClN3O6S2/c1-29(2)37(33,34)20-11-9-19(10-12-20)17-27-25(30)23(15-18-7-5-4-6-8-18)28-36(31,32)21-13-14-24(35-3)22(26)16-21/h4-14,16,23,28H,15,17H2,1-3H3,(H,27,30)/t23-/m0/s1. The lowest BCUT2D eigenvalue weighted by atomic mass is 10.1. The summed E-state index contributed by atoms with van der Waals surface area (Å²) in [5, 5.41) is 2.85. The molecule has 0 saturated heterocycles. The summed E-state index contributed by atoms with van der Waals surface area (Å²) in [6, 6.07) is 18.0. The normalized spacial score (nSPS) is 12.8. The zero-order chi connectivity index (χ0) is 27.2. The molecule has 2 N–H and O–H groups in total. The maximum absolute atomic E-state index is 13.1. The van der Waals surface area contributed by atoms with Gasteiger partial charge in [0.2, 0.25) is 26.0 Å². The summed E-state index contributed by atoms with van der Waals surface area (Å²) in [5.41, 5.74) is 1.41. The Balaban J connectivity index is 1.79. The van der Waals surface area contributed by atoms with Crippen molar-refractivity contribution in [1.82, 2.24) is 14.3 Å². The fourth-order valence-electron chi connectivity index (χ4n) is 3.41. The largest absolute Gasteiger partial charge is 0.495 e. The Kier molecular flexibility index (Phi) is 9.32. The van der Waals surface area contributed by atoms with Crippen LogP contribution in [0.25, 0.3) is 0 Å². The lowest BCUT2D eigenvalue weighted by molar-refractivity contribution is -0.122. The molecular weight excluding hydrogens is 538 g/mol. The van der Waals surface area contributed by atoms with E-state index in [4.69, 9.17) is 16.3 Å². The Morgan fingerprint density at radius 1 is 0.919 bits per heavy atom. The van der Waals surface area contributed by atoms with Crippen LogP contribution >= 0.6 is 11.6 Å². The highest BCUT2D eigenvalue weighted by Gasteiger charge is 2.27. The number of rotatable bonds is 11. The van der Waals surface area contributed by atoms with Gasteiger partial charge in [0.1, 0.15) is 11.8 Å². The van der Waals surface area contributed by atoms with Crippen LogP contribution < -0.4 is 14.8 Å². The number of hydrogen-bond donors (Lipinski definition) is 2. The zero-order valence-corrected chi connectivity index (χ0v) is 22.9. The quantitative estimate of drug-likeness (QED) is 0.369. The van der Waals surface area contributed by atoms with E-state index in [1.165, 1.54) is 51.5 Å². The van der Waals surface area contributed by atoms with Crippen LogP contribution in [-0.4, -0.2) is 54.3 Å². The van der Waals surface area contributed by atoms with Crippen molar-refractivity contribution >= 4 is 37.6 Å². The third-order valence-corrected chi connectivity index (χ3v) is 9.09. The van der Waals surface area contributed by atoms with Crippen LogP contribution in [-0.2, 0) is 37.8 Å². The molecule has 0 bridgehead atoms. The summed E-state index contributed by atoms with van der Waals surface area (Å²) in [7, 11) is -3.38. The van der Waals surface area contributed by atoms with Gasteiger partial charge in [-0.1, -0.05) is 54.1 Å². The second-order valence-corrected chi connectivity index (χ2v) is 12.6. The molecule has 0 unspecified atom stereocenters. The van der Waals surface area contributed by atoms with E-state index in [1.54, 1.807) is 36.4 Å². The fourth-order valence-corrected chi connectivity index (χ4v) is 5.86. The van der Waals surface area contributed by atoms with Crippen molar-refractivity contribution in [3.8, 4) is 5.75 Å². The Bertz CT molecular complexity index is 1450. The van der Waals surface area contributed by atoms with Gasteiger partial charge in [-0.2, -0.15) is 4.72 Å². The minimum Gasteiger partial charge on any atom is -0.495 e. The van der Waals surface area contributed by atoms with Gasteiger partial charge >= 0.3 is 0 Å². The first-order chi connectivity index (χ1) is 17.4. The van der Waals surface area contributed by atoms with Crippen molar-refractivity contribution in [1.29, 1.82) is 0 Å². The van der Waals surface area contributed by atoms with Crippen LogP contribution in [0.3, 0.4) is 0 Å². The minimum atomic E-state index is -4.11. The molecule has 0 aliphatic heterocycles. The van der Waals surface area contributed by atoms with Crippen LogP contribution in [0, 0.1) is 0 Å². The Morgan fingerprint density at radius 3 is 2.11 bits per heavy atom. The third kappa shape index (κ3) is 7.30. The first-order valence-electron chi connectivity index (χ1n) is 11.1. The van der Waals surface area contributed by atoms with Crippen LogP contribution in [0.2, 0.25) is 5.02 Å². The summed E-state index contributed by atoms with van der Waals surface area (Å²) in [4.78, 5) is 13.1. The number of carbonyl (C=O) groups excluding carboxylic acids is 1. The van der Waals surface area contributed by atoms with E-state index in [9.17, 15) is 21.6 Å². The summed E-state index contributed by atoms with van der Waals surface area (Å²) in [5.74, 6) is -0.222. The molecule has 0 fully saturated rings. The highest BCUT2D eigenvalue weighted by Crippen LogP contribution is 2.27. The van der Waals surface area contributed by atoms with Crippen LogP contribution in [0.15, 0.2) is 82.6 Å².